The number of rotatable bonds is 7. The van der Waals surface area contributed by atoms with Gasteiger partial charge in [-0.15, -0.1) is 0 Å². The molecule has 3 fully saturated rings. The van der Waals surface area contributed by atoms with Crippen LogP contribution in [0, 0.1) is 52.3 Å². The van der Waals surface area contributed by atoms with E-state index in [0.717, 1.165) is 36.5 Å². The molecule has 188 valence electrons. The van der Waals surface area contributed by atoms with Gasteiger partial charge in [-0.25, -0.2) is 0 Å². The molecule has 0 bridgehead atoms. The molecule has 0 aromatic carbocycles. The molecule has 0 aromatic heterocycles. The molecule has 0 aromatic rings. The summed E-state index contributed by atoms with van der Waals surface area (Å²) in [7, 11) is -5.14. The largest absolute Gasteiger partial charge is 1.00 e. The van der Waals surface area contributed by atoms with Crippen LogP contribution < -0.4 is 68.9 Å². The monoisotopic (exact) mass is 522 g/mol. The summed E-state index contributed by atoms with van der Waals surface area (Å²) in [6, 6.07) is 0. The van der Waals surface area contributed by atoms with Gasteiger partial charge in [0.15, 0.2) is 5.52 Å². The Balaban J connectivity index is 0.00000216. The number of fused-ring (bicyclic) bond motifs is 5. The summed E-state index contributed by atoms with van der Waals surface area (Å²) in [5, 5.41) is 0. The van der Waals surface area contributed by atoms with Crippen molar-refractivity contribution in [1.82, 2.24) is 0 Å². The maximum atomic E-state index is 12.2. The molecule has 0 aliphatic heterocycles. The third kappa shape index (κ3) is 6.33. The fourth-order valence-corrected chi connectivity index (χ4v) is 9.79. The average molecular weight is 523 g/mol. The Bertz CT molecular complexity index is 839. The predicted molar refractivity (Wildman–Crippen MR) is 129 cm³/mol. The SMILES string of the molecule is CC(C)CCC[C@@H](C)[C@H]1CC[C@H]2[C@@H]3CC=C4C[C@@H](C(=O)P(=O)([O-])[O-])CC[C@]4(C)[C@H]3CC[C@]12C.[Na+].[Na+]. The number of hydrogen-bond donors (Lipinski definition) is 0. The normalized spacial score (nSPS) is 39.3. The van der Waals surface area contributed by atoms with Crippen LogP contribution >= 0.6 is 7.60 Å². The van der Waals surface area contributed by atoms with E-state index >= 15 is 0 Å². The zero-order valence-electron chi connectivity index (χ0n) is 23.5. The maximum Gasteiger partial charge on any atom is 1.00 e. The molecule has 0 amide bonds. The topological polar surface area (TPSA) is 80.3 Å². The van der Waals surface area contributed by atoms with Gasteiger partial charge in [0.2, 0.25) is 0 Å². The Kier molecular flexibility index (Phi) is 11.6. The van der Waals surface area contributed by atoms with Crippen molar-refractivity contribution in [1.29, 1.82) is 0 Å². The Hall–Kier alpha value is 1.56. The smallest absolute Gasteiger partial charge is 0.805 e. The fourth-order valence-electron chi connectivity index (χ4n) is 9.12. The van der Waals surface area contributed by atoms with E-state index < -0.39 is 19.0 Å². The summed E-state index contributed by atoms with van der Waals surface area (Å²) >= 11 is 0. The van der Waals surface area contributed by atoms with Crippen LogP contribution in [0.4, 0.5) is 0 Å². The Morgan fingerprint density at radius 3 is 2.34 bits per heavy atom. The molecular formula is C28H45Na2O4P. The first-order chi connectivity index (χ1) is 15.4. The fraction of sp³-hybridized carbons (Fsp3) is 0.893. The maximum absolute atomic E-state index is 12.2. The van der Waals surface area contributed by atoms with Crippen molar-refractivity contribution in [3.63, 3.8) is 0 Å². The van der Waals surface area contributed by atoms with Crippen LogP contribution in [-0.4, -0.2) is 5.52 Å². The molecule has 4 rings (SSSR count). The second kappa shape index (κ2) is 12.4. The minimum absolute atomic E-state index is 0. The summed E-state index contributed by atoms with van der Waals surface area (Å²) in [4.78, 5) is 34.9. The van der Waals surface area contributed by atoms with Gasteiger partial charge in [0.1, 0.15) is 0 Å². The molecule has 0 unspecified atom stereocenters. The van der Waals surface area contributed by atoms with Gasteiger partial charge in [0.25, 0.3) is 0 Å². The third-order valence-electron chi connectivity index (χ3n) is 10.9. The average Bonchev–Trinajstić information content (AvgIpc) is 3.09. The van der Waals surface area contributed by atoms with Gasteiger partial charge in [-0.3, -0.25) is 4.79 Å². The Labute approximate surface area is 258 Å². The molecule has 7 heteroatoms. The van der Waals surface area contributed by atoms with Crippen molar-refractivity contribution in [2.75, 3.05) is 0 Å². The van der Waals surface area contributed by atoms with Gasteiger partial charge in [0.05, 0.1) is 0 Å². The number of carbonyl (C=O) groups excluding carboxylic acids is 1. The van der Waals surface area contributed by atoms with Gasteiger partial charge in [0, 0.05) is 13.5 Å². The van der Waals surface area contributed by atoms with Crippen LogP contribution in [0.15, 0.2) is 11.6 Å². The van der Waals surface area contributed by atoms with E-state index in [-0.39, 0.29) is 64.5 Å². The summed E-state index contributed by atoms with van der Waals surface area (Å²) in [6.45, 7) is 12.1. The number of carbonyl (C=O) groups is 1. The van der Waals surface area contributed by atoms with Crippen LogP contribution in [-0.2, 0) is 9.36 Å². The van der Waals surface area contributed by atoms with Gasteiger partial charge in [-0.05, 0) is 97.7 Å². The van der Waals surface area contributed by atoms with Crippen LogP contribution in [0.25, 0.3) is 0 Å². The van der Waals surface area contributed by atoms with E-state index in [9.17, 15) is 19.1 Å². The second-order valence-electron chi connectivity index (χ2n) is 13.1. The van der Waals surface area contributed by atoms with Crippen molar-refractivity contribution in [3.8, 4) is 0 Å². The molecule has 0 saturated heterocycles. The molecule has 4 aliphatic carbocycles. The molecule has 3 saturated carbocycles. The van der Waals surface area contributed by atoms with E-state index in [4.69, 9.17) is 0 Å². The van der Waals surface area contributed by atoms with Crippen molar-refractivity contribution in [2.45, 2.75) is 105 Å². The minimum Gasteiger partial charge on any atom is -0.805 e. The first kappa shape index (κ1) is 32.8. The van der Waals surface area contributed by atoms with Crippen LogP contribution in [0.5, 0.6) is 0 Å². The molecule has 0 N–H and O–H groups in total. The van der Waals surface area contributed by atoms with Gasteiger partial charge in [-0.1, -0.05) is 65.5 Å². The van der Waals surface area contributed by atoms with Crippen molar-refractivity contribution in [3.05, 3.63) is 11.6 Å². The zero-order valence-corrected chi connectivity index (χ0v) is 28.4. The standard InChI is InChI=1S/C28H47O4P.2Na/c1-18(2)7-6-8-19(3)23-11-12-24-22-10-9-21-17-20(26(29)33(30,31)32)13-15-27(21,4)25(22)14-16-28(23,24)5;;/h9,18-20,22-25H,6-8,10-17H2,1-5H3,(H2,30,31,32);;/q;2*+1/p-2/t19-,20+,22+,23-,24+,25+,27+,28-;;/m1../s1. The first-order valence-electron chi connectivity index (χ1n) is 13.6. The van der Waals surface area contributed by atoms with E-state index in [1.54, 1.807) is 0 Å². The van der Waals surface area contributed by atoms with Crippen LogP contribution in [0.2, 0.25) is 0 Å². The summed E-state index contributed by atoms with van der Waals surface area (Å²) in [6.07, 6.45) is 14.6. The molecule has 4 nitrogen and oxygen atoms in total. The van der Waals surface area contributed by atoms with Crippen molar-refractivity contribution < 1.29 is 78.3 Å². The molecule has 0 radical (unpaired) electrons. The Morgan fingerprint density at radius 2 is 1.71 bits per heavy atom. The minimum atomic E-state index is -5.14. The molecule has 8 atom stereocenters. The quantitative estimate of drug-likeness (QED) is 0.270. The van der Waals surface area contributed by atoms with E-state index in [1.165, 1.54) is 50.5 Å². The van der Waals surface area contributed by atoms with Crippen molar-refractivity contribution in [2.24, 2.45) is 52.3 Å². The first-order valence-corrected chi connectivity index (χ1v) is 15.2. The molecule has 0 heterocycles. The predicted octanol–water partition coefficient (Wildman–Crippen LogP) is 0.0923. The van der Waals surface area contributed by atoms with E-state index in [2.05, 4.69) is 40.7 Å². The summed E-state index contributed by atoms with van der Waals surface area (Å²) in [5.41, 5.74) is 0.721. The van der Waals surface area contributed by atoms with Crippen molar-refractivity contribution >= 4 is 13.1 Å². The summed E-state index contributed by atoms with van der Waals surface area (Å²) < 4.78 is 11.3. The molecular weight excluding hydrogens is 477 g/mol. The second-order valence-corrected chi connectivity index (χ2v) is 14.5. The zero-order chi connectivity index (χ0) is 24.2. The molecule has 4 aliphatic rings. The van der Waals surface area contributed by atoms with Gasteiger partial charge < -0.3 is 14.4 Å². The van der Waals surface area contributed by atoms with Gasteiger partial charge >= 0.3 is 59.1 Å². The van der Waals surface area contributed by atoms with E-state index in [0.29, 0.717) is 30.1 Å². The third-order valence-corrected chi connectivity index (χ3v) is 11.8. The molecule has 0 spiro atoms. The van der Waals surface area contributed by atoms with E-state index in [1.807, 2.05) is 0 Å². The number of allylic oxidation sites excluding steroid dienone is 2. The number of hydrogen-bond acceptors (Lipinski definition) is 4. The summed E-state index contributed by atoms with van der Waals surface area (Å²) in [5.74, 6) is 3.94. The van der Waals surface area contributed by atoms with Crippen LogP contribution in [0.3, 0.4) is 0 Å². The van der Waals surface area contributed by atoms with Crippen LogP contribution in [0.1, 0.15) is 105 Å². The Morgan fingerprint density at radius 1 is 1.03 bits per heavy atom. The molecule has 35 heavy (non-hydrogen) atoms. The van der Waals surface area contributed by atoms with Gasteiger partial charge in [-0.2, -0.15) is 0 Å².